The van der Waals surface area contributed by atoms with Gasteiger partial charge in [-0.2, -0.15) is 0 Å². The van der Waals surface area contributed by atoms with Crippen LogP contribution in [0, 0.1) is 0 Å². The van der Waals surface area contributed by atoms with E-state index in [1.54, 1.807) is 0 Å². The smallest absolute Gasteiger partial charge is 0.374 e. The lowest BCUT2D eigenvalue weighted by Gasteiger charge is -2.16. The molecule has 0 heterocycles. The van der Waals surface area contributed by atoms with Gasteiger partial charge in [0.1, 0.15) is 0 Å². The largest absolute Gasteiger partial charge is 0.539 e. The van der Waals surface area contributed by atoms with Gasteiger partial charge in [-0.05, 0) is 13.0 Å². The summed E-state index contributed by atoms with van der Waals surface area (Å²) in [6, 6.07) is 0.316. The molecule has 0 spiro atoms. The molecule has 0 fully saturated rings. The normalized spacial score (nSPS) is 12.0. The van der Waals surface area contributed by atoms with Crippen LogP contribution in [0.5, 0.6) is 0 Å². The Morgan fingerprint density at radius 1 is 1.40 bits per heavy atom. The minimum atomic E-state index is -3.30. The Kier molecular flexibility index (Phi) is 4.80. The molecule has 0 amide bonds. The van der Waals surface area contributed by atoms with E-state index in [0.717, 1.165) is 0 Å². The van der Waals surface area contributed by atoms with E-state index in [1.165, 1.54) is 14.2 Å². The van der Waals surface area contributed by atoms with Crippen molar-refractivity contribution in [1.29, 1.82) is 0 Å². The van der Waals surface area contributed by atoms with Crippen molar-refractivity contribution in [1.82, 2.24) is 0 Å². The molecule has 0 aromatic rings. The van der Waals surface area contributed by atoms with Crippen molar-refractivity contribution in [2.75, 3.05) is 20.8 Å². The van der Waals surface area contributed by atoms with Crippen molar-refractivity contribution in [3.05, 3.63) is 0 Å². The molecule has 0 aromatic heterocycles. The lowest BCUT2D eigenvalue weighted by Crippen LogP contribution is -2.35. The molecular weight excluding hydrogens is 153 g/mol. The predicted molar refractivity (Wildman–Crippen MR) is 39.4 cm³/mol. The first-order valence-corrected chi connectivity index (χ1v) is 5.08. The third-order valence-corrected chi connectivity index (χ3v) is 3.46. The van der Waals surface area contributed by atoms with Gasteiger partial charge >= 0.3 is 8.89 Å². The van der Waals surface area contributed by atoms with Gasteiger partial charge in [0.25, 0.3) is 0 Å². The molecule has 0 saturated heterocycles. The zero-order valence-corrected chi connectivity index (χ0v) is 7.39. The van der Waals surface area contributed by atoms with Crippen LogP contribution in [0.15, 0.2) is 0 Å². The van der Waals surface area contributed by atoms with Gasteiger partial charge in [-0.15, -0.1) is 0 Å². The maximum absolute atomic E-state index is 13.1. The summed E-state index contributed by atoms with van der Waals surface area (Å²) in [5.41, 5.74) is 5.19. The molecular formula is C5H14FNO2Si. The fourth-order valence-electron chi connectivity index (χ4n) is 0.601. The van der Waals surface area contributed by atoms with E-state index in [4.69, 9.17) is 5.73 Å². The zero-order chi connectivity index (χ0) is 8.04. The van der Waals surface area contributed by atoms with E-state index < -0.39 is 8.89 Å². The second-order valence-corrected chi connectivity index (χ2v) is 4.60. The topological polar surface area (TPSA) is 44.5 Å². The van der Waals surface area contributed by atoms with E-state index in [0.29, 0.717) is 19.0 Å². The summed E-state index contributed by atoms with van der Waals surface area (Å²) >= 11 is 0. The van der Waals surface area contributed by atoms with Gasteiger partial charge in [-0.3, -0.25) is 0 Å². The Balaban J connectivity index is 3.58. The molecule has 0 atom stereocenters. The average Bonchev–Trinajstić information content (AvgIpc) is 2.00. The third kappa shape index (κ3) is 3.26. The van der Waals surface area contributed by atoms with Gasteiger partial charge in [0.15, 0.2) is 0 Å². The van der Waals surface area contributed by atoms with Crippen LogP contribution >= 0.6 is 0 Å². The van der Waals surface area contributed by atoms with Crippen LogP contribution in [0.4, 0.5) is 4.11 Å². The minimum Gasteiger partial charge on any atom is -0.374 e. The average molecular weight is 167 g/mol. The van der Waals surface area contributed by atoms with Crippen LogP contribution in [0.25, 0.3) is 0 Å². The van der Waals surface area contributed by atoms with Crippen LogP contribution in [-0.4, -0.2) is 29.7 Å². The second-order valence-electron chi connectivity index (χ2n) is 1.96. The van der Waals surface area contributed by atoms with Gasteiger partial charge in [0, 0.05) is 20.3 Å². The Morgan fingerprint density at radius 3 is 2.20 bits per heavy atom. The van der Waals surface area contributed by atoms with E-state index in [-0.39, 0.29) is 0 Å². The summed E-state index contributed by atoms with van der Waals surface area (Å²) in [4.78, 5) is 0. The standard InChI is InChI=1S/C5H14FNO2Si/c1-8-10(6,9-2)5-3-4-7/h3-5,7H2,1-2H3. The summed E-state index contributed by atoms with van der Waals surface area (Å²) < 4.78 is 22.2. The SMILES string of the molecule is CO[Si](F)(CCCN)OC. The molecule has 0 aliphatic heterocycles. The number of rotatable bonds is 5. The molecule has 0 unspecified atom stereocenters. The van der Waals surface area contributed by atoms with Crippen LogP contribution in [0.3, 0.4) is 0 Å². The molecule has 5 heteroatoms. The maximum atomic E-state index is 13.1. The first-order valence-electron chi connectivity index (χ1n) is 3.18. The number of halogens is 1. The molecule has 0 aliphatic carbocycles. The van der Waals surface area contributed by atoms with E-state index in [2.05, 4.69) is 8.85 Å². The fraction of sp³-hybridized carbons (Fsp3) is 1.00. The quantitative estimate of drug-likeness (QED) is 0.480. The highest BCUT2D eigenvalue weighted by Gasteiger charge is 2.36. The Labute approximate surface area is 61.7 Å². The van der Waals surface area contributed by atoms with Crippen molar-refractivity contribution in [3.8, 4) is 0 Å². The third-order valence-electron chi connectivity index (χ3n) is 1.29. The van der Waals surface area contributed by atoms with Crippen molar-refractivity contribution < 1.29 is 13.0 Å². The van der Waals surface area contributed by atoms with Crippen molar-refractivity contribution in [2.45, 2.75) is 12.5 Å². The van der Waals surface area contributed by atoms with Crippen LogP contribution < -0.4 is 5.73 Å². The Bertz CT molecular complexity index is 89.7. The summed E-state index contributed by atoms with van der Waals surface area (Å²) in [7, 11) is -0.647. The first kappa shape index (κ1) is 10.0. The molecule has 0 saturated carbocycles. The number of hydrogen-bond acceptors (Lipinski definition) is 3. The maximum Gasteiger partial charge on any atom is 0.539 e. The molecule has 0 aliphatic rings. The predicted octanol–water partition coefficient (Wildman–Crippen LogP) is 0.536. The van der Waals surface area contributed by atoms with Crippen LogP contribution in [0.2, 0.25) is 6.04 Å². The monoisotopic (exact) mass is 167 g/mol. The van der Waals surface area contributed by atoms with Gasteiger partial charge < -0.3 is 14.6 Å². The Hall–Kier alpha value is 0.0269. The van der Waals surface area contributed by atoms with Gasteiger partial charge in [0.2, 0.25) is 0 Å². The minimum absolute atomic E-state index is 0.316. The molecule has 62 valence electrons. The summed E-state index contributed by atoms with van der Waals surface area (Å²) in [5.74, 6) is 0. The van der Waals surface area contributed by atoms with E-state index >= 15 is 0 Å². The highest BCUT2D eigenvalue weighted by atomic mass is 28.4. The second kappa shape index (κ2) is 4.78. The summed E-state index contributed by atoms with van der Waals surface area (Å²) in [5, 5.41) is 0. The zero-order valence-electron chi connectivity index (χ0n) is 6.39. The van der Waals surface area contributed by atoms with Gasteiger partial charge in [-0.1, -0.05) is 0 Å². The molecule has 0 bridgehead atoms. The molecule has 2 N–H and O–H groups in total. The van der Waals surface area contributed by atoms with Gasteiger partial charge in [0.05, 0.1) is 0 Å². The van der Waals surface area contributed by atoms with Gasteiger partial charge in [-0.25, -0.2) is 4.11 Å². The lowest BCUT2D eigenvalue weighted by molar-refractivity contribution is 0.191. The first-order chi connectivity index (χ1) is 4.68. The Morgan fingerprint density at radius 2 is 1.90 bits per heavy atom. The van der Waals surface area contributed by atoms with Crippen molar-refractivity contribution >= 4 is 8.89 Å². The van der Waals surface area contributed by atoms with Crippen molar-refractivity contribution in [3.63, 3.8) is 0 Å². The fourth-order valence-corrected chi connectivity index (χ4v) is 1.80. The summed E-state index contributed by atoms with van der Waals surface area (Å²) in [6.07, 6.45) is 0.615. The molecule has 0 radical (unpaired) electrons. The molecule has 10 heavy (non-hydrogen) atoms. The summed E-state index contributed by atoms with van der Waals surface area (Å²) in [6.45, 7) is 0.478. The lowest BCUT2D eigenvalue weighted by atomic mass is 10.5. The highest BCUT2D eigenvalue weighted by Crippen LogP contribution is 2.14. The van der Waals surface area contributed by atoms with Crippen LogP contribution in [0.1, 0.15) is 6.42 Å². The van der Waals surface area contributed by atoms with Crippen LogP contribution in [-0.2, 0) is 8.85 Å². The number of hydrogen-bond donors (Lipinski definition) is 1. The van der Waals surface area contributed by atoms with E-state index in [1.807, 2.05) is 0 Å². The highest BCUT2D eigenvalue weighted by molar-refractivity contribution is 6.59. The van der Waals surface area contributed by atoms with E-state index in [9.17, 15) is 4.11 Å². The molecule has 0 aromatic carbocycles. The van der Waals surface area contributed by atoms with Crippen molar-refractivity contribution in [2.24, 2.45) is 5.73 Å². The molecule has 0 rings (SSSR count). The number of nitrogens with two attached hydrogens (primary N) is 1. The molecule has 3 nitrogen and oxygen atoms in total.